The number of amides is 1. The fourth-order valence-electron chi connectivity index (χ4n) is 1.76. The number of benzene rings is 1. The molecule has 1 amide bonds. The molecular formula is C14H17N3O2. The van der Waals surface area contributed by atoms with Gasteiger partial charge in [0.2, 0.25) is 0 Å². The fraction of sp³-hybridized carbons (Fsp3) is 0.286. The number of ether oxygens (including phenoxy) is 1. The third-order valence-electron chi connectivity index (χ3n) is 2.76. The highest BCUT2D eigenvalue weighted by Gasteiger charge is 2.05. The number of aromatic nitrogens is 2. The fourth-order valence-corrected chi connectivity index (χ4v) is 1.76. The molecule has 0 unspecified atom stereocenters. The summed E-state index contributed by atoms with van der Waals surface area (Å²) in [6.07, 6.45) is 5.20. The first-order chi connectivity index (χ1) is 9.29. The normalized spacial score (nSPS) is 10.2. The predicted molar refractivity (Wildman–Crippen MR) is 72.2 cm³/mol. The lowest BCUT2D eigenvalue weighted by molar-refractivity contribution is 0.0953. The number of nitrogens with one attached hydrogen (secondary N) is 2. The van der Waals surface area contributed by atoms with Crippen molar-refractivity contribution in [1.82, 2.24) is 15.3 Å². The topological polar surface area (TPSA) is 67.0 Å². The summed E-state index contributed by atoms with van der Waals surface area (Å²) >= 11 is 0. The molecule has 0 aliphatic carbocycles. The van der Waals surface area contributed by atoms with E-state index in [9.17, 15) is 4.79 Å². The number of H-pyrrole nitrogens is 1. The van der Waals surface area contributed by atoms with E-state index in [2.05, 4.69) is 15.3 Å². The minimum Gasteiger partial charge on any atom is -0.497 e. The maximum absolute atomic E-state index is 11.9. The quantitative estimate of drug-likeness (QED) is 0.777. The van der Waals surface area contributed by atoms with Crippen LogP contribution in [0, 0.1) is 0 Å². The third-order valence-corrected chi connectivity index (χ3v) is 2.76. The summed E-state index contributed by atoms with van der Waals surface area (Å²) in [5.41, 5.74) is 0.609. The number of rotatable bonds is 6. The van der Waals surface area contributed by atoms with Gasteiger partial charge in [-0.1, -0.05) is 6.07 Å². The monoisotopic (exact) mass is 259 g/mol. The molecule has 1 aromatic heterocycles. The first-order valence-electron chi connectivity index (χ1n) is 6.20. The number of hydrogen-bond acceptors (Lipinski definition) is 3. The van der Waals surface area contributed by atoms with E-state index < -0.39 is 0 Å². The first kappa shape index (κ1) is 13.1. The van der Waals surface area contributed by atoms with Crippen LogP contribution < -0.4 is 10.1 Å². The van der Waals surface area contributed by atoms with Crippen LogP contribution in [0.2, 0.25) is 0 Å². The Hall–Kier alpha value is -2.30. The number of carbonyl (C=O) groups excluding carboxylic acids is 1. The second-order valence-electron chi connectivity index (χ2n) is 4.13. The Kier molecular flexibility index (Phi) is 4.55. The molecule has 1 heterocycles. The third kappa shape index (κ3) is 3.84. The van der Waals surface area contributed by atoms with Crippen molar-refractivity contribution < 1.29 is 9.53 Å². The second-order valence-corrected chi connectivity index (χ2v) is 4.13. The lowest BCUT2D eigenvalue weighted by Gasteiger charge is -2.06. The minimum atomic E-state index is -0.0849. The molecule has 0 fully saturated rings. The number of aryl methyl sites for hydroxylation is 1. The van der Waals surface area contributed by atoms with Crippen LogP contribution in [0.15, 0.2) is 36.7 Å². The lowest BCUT2D eigenvalue weighted by atomic mass is 10.2. The SMILES string of the molecule is COc1cccc(C(=O)NCCCc2ncc[nH]2)c1. The molecule has 0 saturated carbocycles. The van der Waals surface area contributed by atoms with Crippen LogP contribution in [0.3, 0.4) is 0 Å². The summed E-state index contributed by atoms with van der Waals surface area (Å²) in [6, 6.07) is 7.11. The van der Waals surface area contributed by atoms with Gasteiger partial charge in [0.15, 0.2) is 0 Å². The van der Waals surface area contributed by atoms with E-state index in [-0.39, 0.29) is 5.91 Å². The maximum Gasteiger partial charge on any atom is 0.251 e. The van der Waals surface area contributed by atoms with Crippen molar-refractivity contribution in [2.24, 2.45) is 0 Å². The molecule has 19 heavy (non-hydrogen) atoms. The van der Waals surface area contributed by atoms with Crippen LogP contribution in [0.5, 0.6) is 5.75 Å². The number of imidazole rings is 1. The number of methoxy groups -OCH3 is 1. The van der Waals surface area contributed by atoms with Crippen LogP contribution >= 0.6 is 0 Å². The van der Waals surface area contributed by atoms with E-state index in [1.807, 2.05) is 6.07 Å². The van der Waals surface area contributed by atoms with Crippen LogP contribution in [0.25, 0.3) is 0 Å². The lowest BCUT2D eigenvalue weighted by Crippen LogP contribution is -2.24. The van der Waals surface area contributed by atoms with Crippen molar-refractivity contribution >= 4 is 5.91 Å². The average Bonchev–Trinajstić information content (AvgIpc) is 2.96. The van der Waals surface area contributed by atoms with Gasteiger partial charge in [-0.3, -0.25) is 4.79 Å². The Bertz CT molecular complexity index is 523. The highest BCUT2D eigenvalue weighted by Crippen LogP contribution is 2.12. The molecule has 100 valence electrons. The smallest absolute Gasteiger partial charge is 0.251 e. The van der Waals surface area contributed by atoms with E-state index in [0.29, 0.717) is 17.9 Å². The van der Waals surface area contributed by atoms with Gasteiger partial charge < -0.3 is 15.0 Å². The summed E-state index contributed by atoms with van der Waals surface area (Å²) in [6.45, 7) is 0.622. The molecule has 2 rings (SSSR count). The van der Waals surface area contributed by atoms with Gasteiger partial charge in [-0.25, -0.2) is 4.98 Å². The zero-order valence-electron chi connectivity index (χ0n) is 10.8. The Morgan fingerprint density at radius 1 is 1.47 bits per heavy atom. The summed E-state index contributed by atoms with van der Waals surface area (Å²) < 4.78 is 5.09. The van der Waals surface area contributed by atoms with Gasteiger partial charge in [0.1, 0.15) is 11.6 Å². The molecule has 2 N–H and O–H groups in total. The van der Waals surface area contributed by atoms with E-state index in [4.69, 9.17) is 4.74 Å². The Labute approximate surface area is 112 Å². The predicted octanol–water partition coefficient (Wildman–Crippen LogP) is 1.78. The molecule has 5 heteroatoms. The van der Waals surface area contributed by atoms with Crippen molar-refractivity contribution in [2.45, 2.75) is 12.8 Å². The van der Waals surface area contributed by atoms with Crippen molar-refractivity contribution in [3.05, 3.63) is 48.0 Å². The minimum absolute atomic E-state index is 0.0849. The second kappa shape index (κ2) is 6.58. The zero-order valence-corrected chi connectivity index (χ0v) is 10.8. The molecular weight excluding hydrogens is 242 g/mol. The molecule has 0 aliphatic rings. The molecule has 1 aromatic carbocycles. The van der Waals surface area contributed by atoms with Crippen molar-refractivity contribution in [3.63, 3.8) is 0 Å². The van der Waals surface area contributed by atoms with E-state index in [1.165, 1.54) is 0 Å². The van der Waals surface area contributed by atoms with Gasteiger partial charge >= 0.3 is 0 Å². The molecule has 0 atom stereocenters. The van der Waals surface area contributed by atoms with Gasteiger partial charge in [-0.05, 0) is 24.6 Å². The number of hydrogen-bond donors (Lipinski definition) is 2. The molecule has 0 saturated heterocycles. The van der Waals surface area contributed by atoms with E-state index >= 15 is 0 Å². The van der Waals surface area contributed by atoms with Gasteiger partial charge in [0, 0.05) is 30.9 Å². The number of carbonyl (C=O) groups is 1. The van der Waals surface area contributed by atoms with Crippen molar-refractivity contribution in [1.29, 1.82) is 0 Å². The maximum atomic E-state index is 11.9. The molecule has 0 radical (unpaired) electrons. The summed E-state index contributed by atoms with van der Waals surface area (Å²) in [4.78, 5) is 19.0. The Morgan fingerprint density at radius 3 is 3.11 bits per heavy atom. The van der Waals surface area contributed by atoms with Gasteiger partial charge in [0.25, 0.3) is 5.91 Å². The van der Waals surface area contributed by atoms with Crippen LogP contribution in [-0.2, 0) is 6.42 Å². The molecule has 0 bridgehead atoms. The summed E-state index contributed by atoms with van der Waals surface area (Å²) in [5.74, 6) is 1.54. The molecule has 2 aromatic rings. The van der Waals surface area contributed by atoms with Crippen LogP contribution in [0.1, 0.15) is 22.6 Å². The van der Waals surface area contributed by atoms with Gasteiger partial charge in [-0.15, -0.1) is 0 Å². The van der Waals surface area contributed by atoms with Crippen molar-refractivity contribution in [3.8, 4) is 5.75 Å². The molecule has 0 aliphatic heterocycles. The highest BCUT2D eigenvalue weighted by atomic mass is 16.5. The average molecular weight is 259 g/mol. The van der Waals surface area contributed by atoms with Gasteiger partial charge in [-0.2, -0.15) is 0 Å². The van der Waals surface area contributed by atoms with Crippen LogP contribution in [-0.4, -0.2) is 29.5 Å². The largest absolute Gasteiger partial charge is 0.497 e. The number of aromatic amines is 1. The highest BCUT2D eigenvalue weighted by molar-refractivity contribution is 5.94. The summed E-state index contributed by atoms with van der Waals surface area (Å²) in [7, 11) is 1.58. The zero-order chi connectivity index (χ0) is 13.5. The van der Waals surface area contributed by atoms with Crippen LogP contribution in [0.4, 0.5) is 0 Å². The number of nitrogens with zero attached hydrogens (tertiary/aromatic N) is 1. The van der Waals surface area contributed by atoms with E-state index in [0.717, 1.165) is 18.7 Å². The van der Waals surface area contributed by atoms with Gasteiger partial charge in [0.05, 0.1) is 7.11 Å². The van der Waals surface area contributed by atoms with E-state index in [1.54, 1.807) is 37.7 Å². The van der Waals surface area contributed by atoms with Crippen molar-refractivity contribution in [2.75, 3.05) is 13.7 Å². The Balaban J connectivity index is 1.77. The summed E-state index contributed by atoms with van der Waals surface area (Å²) in [5, 5.41) is 2.88. The molecule has 5 nitrogen and oxygen atoms in total. The standard InChI is InChI=1S/C14H17N3O2/c1-19-12-5-2-4-11(10-12)14(18)17-7-3-6-13-15-8-9-16-13/h2,4-5,8-10H,3,6-7H2,1H3,(H,15,16)(H,17,18). The molecule has 0 spiro atoms. The first-order valence-corrected chi connectivity index (χ1v) is 6.20. The Morgan fingerprint density at radius 2 is 2.37 bits per heavy atom.